The molecule has 2 heterocycles. The van der Waals surface area contributed by atoms with Crippen LogP contribution in [0.3, 0.4) is 0 Å². The number of carbonyl (C=O) groups excluding carboxylic acids is 2. The maximum atomic E-state index is 13.7. The average molecular weight is 512 g/mol. The number of nitrogens with zero attached hydrogens (tertiary/aromatic N) is 3. The van der Waals surface area contributed by atoms with Crippen molar-refractivity contribution < 1.29 is 9.59 Å². The van der Waals surface area contributed by atoms with Crippen LogP contribution in [-0.4, -0.2) is 39.4 Å². The molecule has 33 heavy (non-hydrogen) atoms. The number of likely N-dealkylation sites (N-methyl/N-ethyl adjacent to an activating group) is 1. The van der Waals surface area contributed by atoms with Crippen LogP contribution in [0.25, 0.3) is 0 Å². The highest BCUT2D eigenvalue weighted by atomic mass is 35.5. The van der Waals surface area contributed by atoms with Crippen LogP contribution in [0.15, 0.2) is 23.0 Å². The Morgan fingerprint density at radius 2 is 1.82 bits per heavy atom. The summed E-state index contributed by atoms with van der Waals surface area (Å²) >= 11 is 18.6. The molecule has 0 bridgehead atoms. The summed E-state index contributed by atoms with van der Waals surface area (Å²) in [5.41, 5.74) is 0.0119. The number of nitrogens with one attached hydrogen (secondary N) is 1. The Balaban J connectivity index is 1.74. The predicted molar refractivity (Wildman–Crippen MR) is 128 cm³/mol. The predicted octanol–water partition coefficient (Wildman–Crippen LogP) is 4.20. The van der Waals surface area contributed by atoms with E-state index in [2.05, 4.69) is 10.3 Å². The summed E-state index contributed by atoms with van der Waals surface area (Å²) in [6.45, 7) is 2.02. The van der Waals surface area contributed by atoms with Gasteiger partial charge in [0.15, 0.2) is 0 Å². The summed E-state index contributed by atoms with van der Waals surface area (Å²) in [4.78, 5) is 45.9. The molecule has 2 aromatic rings. The first kappa shape index (κ1) is 24.0. The quantitative estimate of drug-likeness (QED) is 0.626. The molecule has 0 spiro atoms. The number of halogens is 3. The smallest absolute Gasteiger partial charge is 0.259 e. The molecule has 2 aliphatic rings. The van der Waals surface area contributed by atoms with Crippen molar-refractivity contribution in [1.29, 1.82) is 0 Å². The Hall–Kier alpha value is -2.09. The molecule has 7 nitrogen and oxygen atoms in total. The van der Waals surface area contributed by atoms with E-state index in [1.807, 2.05) is 6.92 Å². The molecule has 1 aliphatic heterocycles. The fraction of sp³-hybridized carbons (Fsp3) is 0.478. The number of aromatic nitrogens is 2. The normalized spacial score (nSPS) is 19.7. The fourth-order valence-electron chi connectivity index (χ4n) is 4.99. The van der Waals surface area contributed by atoms with Gasteiger partial charge in [0.25, 0.3) is 11.5 Å². The molecule has 1 aromatic carbocycles. The van der Waals surface area contributed by atoms with Crippen molar-refractivity contribution in [3.63, 3.8) is 0 Å². The minimum atomic E-state index is -1.04. The van der Waals surface area contributed by atoms with E-state index >= 15 is 0 Å². The molecule has 1 saturated carbocycles. The van der Waals surface area contributed by atoms with Crippen LogP contribution in [0, 0.1) is 0 Å². The van der Waals surface area contributed by atoms with Crippen LogP contribution >= 0.6 is 34.8 Å². The topological polar surface area (TPSA) is 84.3 Å². The Morgan fingerprint density at radius 1 is 1.12 bits per heavy atom. The van der Waals surface area contributed by atoms with Gasteiger partial charge in [-0.1, -0.05) is 42.5 Å². The number of fused-ring (bicyclic) bond motifs is 1. The summed E-state index contributed by atoms with van der Waals surface area (Å²) in [6, 6.07) is 4.47. The molecular weight excluding hydrogens is 487 g/mol. The lowest BCUT2D eigenvalue weighted by molar-refractivity contribution is -0.131. The van der Waals surface area contributed by atoms with Gasteiger partial charge in [0.1, 0.15) is 5.54 Å². The standard InChI is InChI=1S/C23H25Cl3N4O3/c1-13-10-15-18(12-29(13)19(31)14-6-7-16(24)17(25)11-14)28-22(26)30(20(15)32)23(21(33)27-2)8-4-3-5-9-23/h6-7,11,13H,3-5,8-10,12H2,1-2H3,(H,27,33)/t13-/m1/s1. The lowest BCUT2D eigenvalue weighted by atomic mass is 9.80. The van der Waals surface area contributed by atoms with Crippen molar-refractivity contribution in [1.82, 2.24) is 19.8 Å². The zero-order valence-corrected chi connectivity index (χ0v) is 20.7. The summed E-state index contributed by atoms with van der Waals surface area (Å²) in [7, 11) is 1.57. The Bertz CT molecular complexity index is 1170. The molecular formula is C23H25Cl3N4O3. The third-order valence-electron chi connectivity index (χ3n) is 6.76. The van der Waals surface area contributed by atoms with E-state index in [0.29, 0.717) is 46.1 Å². The van der Waals surface area contributed by atoms with E-state index in [0.717, 1.165) is 19.3 Å². The minimum Gasteiger partial charge on any atom is -0.357 e. The Kier molecular flexibility index (Phi) is 6.76. The lowest BCUT2D eigenvalue weighted by Crippen LogP contribution is -2.55. The number of amides is 2. The summed E-state index contributed by atoms with van der Waals surface area (Å²) in [5.74, 6) is -0.462. The molecule has 0 saturated heterocycles. The molecule has 2 amide bonds. The molecule has 1 N–H and O–H groups in total. The van der Waals surface area contributed by atoms with Crippen molar-refractivity contribution >= 4 is 46.6 Å². The Labute approximate surface area is 207 Å². The number of benzene rings is 1. The molecule has 1 fully saturated rings. The molecule has 10 heteroatoms. The van der Waals surface area contributed by atoms with Gasteiger partial charge in [0, 0.05) is 24.2 Å². The van der Waals surface area contributed by atoms with Crippen LogP contribution in [0.1, 0.15) is 60.6 Å². The monoisotopic (exact) mass is 510 g/mol. The molecule has 176 valence electrons. The maximum Gasteiger partial charge on any atom is 0.259 e. The van der Waals surface area contributed by atoms with Gasteiger partial charge in [-0.2, -0.15) is 0 Å². The fourth-order valence-corrected chi connectivity index (χ4v) is 5.63. The van der Waals surface area contributed by atoms with Crippen molar-refractivity contribution in [2.24, 2.45) is 0 Å². The zero-order valence-electron chi connectivity index (χ0n) is 18.5. The first-order chi connectivity index (χ1) is 15.7. The number of hydrogen-bond donors (Lipinski definition) is 1. The first-order valence-corrected chi connectivity index (χ1v) is 12.1. The van der Waals surface area contributed by atoms with Gasteiger partial charge in [0.2, 0.25) is 11.2 Å². The van der Waals surface area contributed by atoms with E-state index in [1.54, 1.807) is 24.1 Å². The van der Waals surface area contributed by atoms with E-state index in [4.69, 9.17) is 34.8 Å². The van der Waals surface area contributed by atoms with Crippen molar-refractivity contribution in [3.05, 3.63) is 60.7 Å². The van der Waals surface area contributed by atoms with Crippen LogP contribution in [0.4, 0.5) is 0 Å². The van der Waals surface area contributed by atoms with E-state index < -0.39 is 5.54 Å². The SMILES string of the molecule is CNC(=O)C1(n2c(Cl)nc3c(c2=O)C[C@@H](C)N(C(=O)c2ccc(Cl)c(Cl)c2)C3)CCCCC1. The highest BCUT2D eigenvalue weighted by Gasteiger charge is 2.44. The Morgan fingerprint density at radius 3 is 2.45 bits per heavy atom. The molecule has 1 atom stereocenters. The van der Waals surface area contributed by atoms with Gasteiger partial charge >= 0.3 is 0 Å². The van der Waals surface area contributed by atoms with Crippen molar-refractivity contribution in [3.8, 4) is 0 Å². The third kappa shape index (κ3) is 4.15. The van der Waals surface area contributed by atoms with Gasteiger partial charge in [-0.05, 0) is 56.0 Å². The average Bonchev–Trinajstić information content (AvgIpc) is 2.80. The molecule has 1 aromatic heterocycles. The van der Waals surface area contributed by atoms with Crippen molar-refractivity contribution in [2.75, 3.05) is 7.05 Å². The highest BCUT2D eigenvalue weighted by molar-refractivity contribution is 6.42. The lowest BCUT2D eigenvalue weighted by Gasteiger charge is -2.39. The van der Waals surface area contributed by atoms with Gasteiger partial charge in [-0.3, -0.25) is 19.0 Å². The van der Waals surface area contributed by atoms with Gasteiger partial charge in [0.05, 0.1) is 22.3 Å². The largest absolute Gasteiger partial charge is 0.357 e. The zero-order chi connectivity index (χ0) is 23.9. The second-order valence-electron chi connectivity index (χ2n) is 8.73. The number of carbonyl (C=O) groups is 2. The first-order valence-electron chi connectivity index (χ1n) is 11.0. The summed E-state index contributed by atoms with van der Waals surface area (Å²) < 4.78 is 1.38. The van der Waals surface area contributed by atoms with E-state index in [-0.39, 0.29) is 35.2 Å². The third-order valence-corrected chi connectivity index (χ3v) is 7.75. The van der Waals surface area contributed by atoms with E-state index in [9.17, 15) is 14.4 Å². The number of rotatable bonds is 3. The van der Waals surface area contributed by atoms with E-state index in [1.165, 1.54) is 10.6 Å². The van der Waals surface area contributed by atoms with Crippen LogP contribution in [0.5, 0.6) is 0 Å². The van der Waals surface area contributed by atoms with Crippen LogP contribution in [-0.2, 0) is 23.3 Å². The highest BCUT2D eigenvalue weighted by Crippen LogP contribution is 2.37. The second-order valence-corrected chi connectivity index (χ2v) is 9.89. The van der Waals surface area contributed by atoms with Gasteiger partial charge < -0.3 is 10.2 Å². The van der Waals surface area contributed by atoms with Gasteiger partial charge in [-0.25, -0.2) is 4.98 Å². The molecule has 0 radical (unpaired) electrons. The minimum absolute atomic E-state index is 0.0271. The summed E-state index contributed by atoms with van der Waals surface area (Å²) in [6.07, 6.45) is 4.04. The van der Waals surface area contributed by atoms with Gasteiger partial charge in [-0.15, -0.1) is 0 Å². The molecule has 1 aliphatic carbocycles. The molecule has 0 unspecified atom stereocenters. The second kappa shape index (κ2) is 9.28. The van der Waals surface area contributed by atoms with Crippen LogP contribution < -0.4 is 10.9 Å². The van der Waals surface area contributed by atoms with Crippen molar-refractivity contribution in [2.45, 2.75) is 63.6 Å². The molecule has 4 rings (SSSR count). The van der Waals surface area contributed by atoms with Crippen LogP contribution in [0.2, 0.25) is 15.3 Å². The number of hydrogen-bond acceptors (Lipinski definition) is 4. The maximum absolute atomic E-state index is 13.7. The summed E-state index contributed by atoms with van der Waals surface area (Å²) in [5, 5.41) is 3.34.